The lowest BCUT2D eigenvalue weighted by Crippen LogP contribution is -2.40. The molecule has 0 aromatic carbocycles. The van der Waals surface area contributed by atoms with E-state index in [1.165, 1.54) is 0 Å². The summed E-state index contributed by atoms with van der Waals surface area (Å²) in [5.41, 5.74) is 0. The summed E-state index contributed by atoms with van der Waals surface area (Å²) in [6, 6.07) is 0.392. The first-order chi connectivity index (χ1) is 6.72. The van der Waals surface area contributed by atoms with Gasteiger partial charge >= 0.3 is 5.97 Å². The zero-order valence-corrected chi connectivity index (χ0v) is 8.91. The minimum Gasteiger partial charge on any atom is -0.465 e. The van der Waals surface area contributed by atoms with Gasteiger partial charge in [-0.1, -0.05) is 0 Å². The highest BCUT2D eigenvalue weighted by atomic mass is 16.5. The Bertz CT molecular complexity index is 184. The molecule has 4 nitrogen and oxygen atoms in total. The molecule has 1 saturated heterocycles. The third-order valence-corrected chi connectivity index (χ3v) is 2.33. The van der Waals surface area contributed by atoms with Crippen molar-refractivity contribution in [3.8, 4) is 0 Å². The molecule has 1 aliphatic rings. The normalized spacial score (nSPS) is 27.3. The van der Waals surface area contributed by atoms with E-state index < -0.39 is 0 Å². The van der Waals surface area contributed by atoms with Crippen molar-refractivity contribution in [1.29, 1.82) is 0 Å². The minimum absolute atomic E-state index is 0.174. The fraction of sp³-hybridized carbons (Fsp3) is 0.900. The van der Waals surface area contributed by atoms with Crippen molar-refractivity contribution in [1.82, 2.24) is 5.32 Å². The molecule has 0 aromatic heterocycles. The van der Waals surface area contributed by atoms with Gasteiger partial charge < -0.3 is 14.8 Å². The Morgan fingerprint density at radius 2 is 2.43 bits per heavy atom. The van der Waals surface area contributed by atoms with Crippen LogP contribution in [0.3, 0.4) is 0 Å². The average Bonchev–Trinajstić information content (AvgIpc) is 2.15. The number of rotatable bonds is 4. The van der Waals surface area contributed by atoms with Crippen molar-refractivity contribution in [2.24, 2.45) is 0 Å². The Morgan fingerprint density at radius 1 is 1.64 bits per heavy atom. The molecule has 0 saturated carbocycles. The van der Waals surface area contributed by atoms with Gasteiger partial charge in [-0.3, -0.25) is 4.79 Å². The molecule has 2 unspecified atom stereocenters. The first-order valence-corrected chi connectivity index (χ1v) is 5.23. The van der Waals surface area contributed by atoms with E-state index in [-0.39, 0.29) is 5.97 Å². The molecule has 4 heteroatoms. The number of ether oxygens (including phenoxy) is 2. The van der Waals surface area contributed by atoms with Gasteiger partial charge in [-0.25, -0.2) is 0 Å². The van der Waals surface area contributed by atoms with Crippen molar-refractivity contribution >= 4 is 5.97 Å². The molecule has 1 heterocycles. The van der Waals surface area contributed by atoms with Crippen molar-refractivity contribution in [3.05, 3.63) is 0 Å². The summed E-state index contributed by atoms with van der Waals surface area (Å²) < 4.78 is 10.2. The maximum atomic E-state index is 11.1. The van der Waals surface area contributed by atoms with Crippen molar-refractivity contribution in [2.75, 3.05) is 19.8 Å². The van der Waals surface area contributed by atoms with Crippen LogP contribution in [0.5, 0.6) is 0 Å². The molecule has 1 rings (SSSR count). The molecule has 2 atom stereocenters. The molecular weight excluding hydrogens is 182 g/mol. The van der Waals surface area contributed by atoms with Crippen LogP contribution >= 0.6 is 0 Å². The highest BCUT2D eigenvalue weighted by Gasteiger charge is 2.19. The van der Waals surface area contributed by atoms with Crippen LogP contribution in [0.4, 0.5) is 0 Å². The average molecular weight is 201 g/mol. The summed E-state index contributed by atoms with van der Waals surface area (Å²) in [5, 5.41) is 3.18. The maximum absolute atomic E-state index is 11.1. The van der Waals surface area contributed by atoms with E-state index in [9.17, 15) is 4.79 Å². The number of esters is 1. The van der Waals surface area contributed by atoms with Gasteiger partial charge in [0.1, 0.15) is 0 Å². The Hall–Kier alpha value is -0.610. The first kappa shape index (κ1) is 11.5. The van der Waals surface area contributed by atoms with Crippen LogP contribution in [0.2, 0.25) is 0 Å². The number of hydrogen-bond acceptors (Lipinski definition) is 4. The van der Waals surface area contributed by atoms with E-state index in [2.05, 4.69) is 12.2 Å². The van der Waals surface area contributed by atoms with Crippen LogP contribution in [0.15, 0.2) is 0 Å². The van der Waals surface area contributed by atoms with E-state index in [0.29, 0.717) is 25.3 Å². The van der Waals surface area contributed by atoms with E-state index in [0.717, 1.165) is 19.4 Å². The van der Waals surface area contributed by atoms with E-state index in [4.69, 9.17) is 9.47 Å². The van der Waals surface area contributed by atoms with Crippen LogP contribution in [0, 0.1) is 0 Å². The monoisotopic (exact) mass is 201 g/mol. The second kappa shape index (κ2) is 5.98. The lowest BCUT2D eigenvalue weighted by Gasteiger charge is -2.27. The molecule has 0 spiro atoms. The van der Waals surface area contributed by atoms with Gasteiger partial charge in [0.25, 0.3) is 0 Å². The van der Waals surface area contributed by atoms with Crippen molar-refractivity contribution < 1.29 is 14.3 Å². The summed E-state index contributed by atoms with van der Waals surface area (Å²) in [4.78, 5) is 11.1. The lowest BCUT2D eigenvalue weighted by atomic mass is 10.0. The van der Waals surface area contributed by atoms with Crippen LogP contribution in [-0.2, 0) is 14.3 Å². The molecule has 1 aliphatic heterocycles. The molecule has 1 fully saturated rings. The molecule has 0 radical (unpaired) electrons. The second-order valence-electron chi connectivity index (χ2n) is 3.59. The Morgan fingerprint density at radius 3 is 3.07 bits per heavy atom. The molecule has 14 heavy (non-hydrogen) atoms. The molecule has 0 aromatic rings. The zero-order valence-electron chi connectivity index (χ0n) is 8.91. The summed E-state index contributed by atoms with van der Waals surface area (Å²) >= 11 is 0. The topological polar surface area (TPSA) is 47.6 Å². The zero-order chi connectivity index (χ0) is 10.4. The van der Waals surface area contributed by atoms with Crippen LogP contribution in [0.25, 0.3) is 0 Å². The summed E-state index contributed by atoms with van der Waals surface area (Å²) in [6.45, 7) is 5.41. The number of carbonyl (C=O) groups is 1. The Kier molecular flexibility index (Phi) is 4.90. The summed E-state index contributed by atoms with van der Waals surface area (Å²) in [7, 11) is 0. The lowest BCUT2D eigenvalue weighted by molar-refractivity contribution is -0.142. The first-order valence-electron chi connectivity index (χ1n) is 5.23. The Labute approximate surface area is 85.0 Å². The van der Waals surface area contributed by atoms with Crippen LogP contribution < -0.4 is 5.32 Å². The number of nitrogens with one attached hydrogen (secondary N) is 1. The predicted octanol–water partition coefficient (Wildman–Crippen LogP) is 0.707. The van der Waals surface area contributed by atoms with Crippen molar-refractivity contribution in [2.45, 2.75) is 38.8 Å². The molecule has 0 aliphatic carbocycles. The Balaban J connectivity index is 2.14. The summed E-state index contributed by atoms with van der Waals surface area (Å²) in [6.07, 6.45) is 2.24. The highest BCUT2D eigenvalue weighted by molar-refractivity contribution is 5.71. The quantitative estimate of drug-likeness (QED) is 0.680. The fourth-order valence-electron chi connectivity index (χ4n) is 1.62. The highest BCUT2D eigenvalue weighted by Crippen LogP contribution is 2.12. The van der Waals surface area contributed by atoms with E-state index in [1.54, 1.807) is 0 Å². The van der Waals surface area contributed by atoms with Crippen molar-refractivity contribution in [3.63, 3.8) is 0 Å². The molecule has 1 N–H and O–H groups in total. The van der Waals surface area contributed by atoms with Crippen LogP contribution in [-0.4, -0.2) is 37.9 Å². The number of carbonyl (C=O) groups excluding carboxylic acids is 1. The van der Waals surface area contributed by atoms with Gasteiger partial charge in [0.05, 0.1) is 19.3 Å². The van der Waals surface area contributed by atoms with Gasteiger partial charge in [-0.05, 0) is 26.7 Å². The third-order valence-electron chi connectivity index (χ3n) is 2.33. The van der Waals surface area contributed by atoms with Gasteiger partial charge in [0.2, 0.25) is 0 Å². The maximum Gasteiger partial charge on any atom is 0.319 e. The molecule has 0 bridgehead atoms. The van der Waals surface area contributed by atoms with E-state index >= 15 is 0 Å². The van der Waals surface area contributed by atoms with Gasteiger partial charge in [0.15, 0.2) is 0 Å². The smallest absolute Gasteiger partial charge is 0.319 e. The SMILES string of the molecule is CCOC(=O)CNC1CCOC(C)C1. The minimum atomic E-state index is -0.174. The standard InChI is InChI=1S/C10H19NO3/c1-3-13-10(12)7-11-9-4-5-14-8(2)6-9/h8-9,11H,3-7H2,1-2H3. The fourth-order valence-corrected chi connectivity index (χ4v) is 1.62. The van der Waals surface area contributed by atoms with Gasteiger partial charge in [-0.2, -0.15) is 0 Å². The summed E-state index contributed by atoms with van der Waals surface area (Å²) in [5.74, 6) is -0.174. The largest absolute Gasteiger partial charge is 0.465 e. The third kappa shape index (κ3) is 4.07. The molecular formula is C10H19NO3. The predicted molar refractivity (Wildman–Crippen MR) is 53.1 cm³/mol. The number of hydrogen-bond donors (Lipinski definition) is 1. The van der Waals surface area contributed by atoms with Gasteiger partial charge in [-0.15, -0.1) is 0 Å². The van der Waals surface area contributed by atoms with Gasteiger partial charge in [0, 0.05) is 12.6 Å². The van der Waals surface area contributed by atoms with E-state index in [1.807, 2.05) is 6.92 Å². The molecule has 0 amide bonds. The van der Waals surface area contributed by atoms with Crippen LogP contribution in [0.1, 0.15) is 26.7 Å². The second-order valence-corrected chi connectivity index (χ2v) is 3.59. The molecule has 82 valence electrons.